The average molecular weight is 333 g/mol. The van der Waals surface area contributed by atoms with Gasteiger partial charge in [-0.2, -0.15) is 4.31 Å². The van der Waals surface area contributed by atoms with Gasteiger partial charge in [-0.3, -0.25) is 4.98 Å². The zero-order valence-corrected chi connectivity index (χ0v) is 13.4. The summed E-state index contributed by atoms with van der Waals surface area (Å²) in [5, 5.41) is 0. The van der Waals surface area contributed by atoms with E-state index >= 15 is 0 Å². The molecule has 0 amide bonds. The molecule has 1 fully saturated rings. The van der Waals surface area contributed by atoms with Gasteiger partial charge in [0.15, 0.2) is 0 Å². The smallest absolute Gasteiger partial charge is 0.243 e. The van der Waals surface area contributed by atoms with Crippen LogP contribution in [0, 0.1) is 0 Å². The summed E-state index contributed by atoms with van der Waals surface area (Å²) in [6.45, 7) is 0.835. The van der Waals surface area contributed by atoms with Crippen LogP contribution in [0.2, 0.25) is 0 Å². The van der Waals surface area contributed by atoms with E-state index in [1.54, 1.807) is 30.6 Å². The average Bonchev–Trinajstić information content (AvgIpc) is 2.56. The van der Waals surface area contributed by atoms with Gasteiger partial charge in [0.05, 0.1) is 17.6 Å². The van der Waals surface area contributed by atoms with Gasteiger partial charge in [-0.1, -0.05) is 0 Å². The molecule has 7 heteroatoms. The molecule has 0 aliphatic carbocycles. The summed E-state index contributed by atoms with van der Waals surface area (Å²) in [4.78, 5) is 4.26. The van der Waals surface area contributed by atoms with Crippen molar-refractivity contribution >= 4 is 15.7 Å². The Bertz CT molecular complexity index is 748. The first kappa shape index (κ1) is 15.8. The summed E-state index contributed by atoms with van der Waals surface area (Å²) in [6, 6.07) is 9.88. The van der Waals surface area contributed by atoms with Crippen LogP contribution in [0.25, 0.3) is 0 Å². The Morgan fingerprint density at radius 1 is 1.22 bits per heavy atom. The Labute approximate surface area is 136 Å². The number of ether oxygens (including phenoxy) is 1. The highest BCUT2D eigenvalue weighted by Gasteiger charge is 2.31. The van der Waals surface area contributed by atoms with Gasteiger partial charge in [-0.05, 0) is 49.2 Å². The highest BCUT2D eigenvalue weighted by atomic mass is 32.2. The van der Waals surface area contributed by atoms with E-state index < -0.39 is 10.0 Å². The monoisotopic (exact) mass is 333 g/mol. The predicted molar refractivity (Wildman–Crippen MR) is 87.5 cm³/mol. The molecule has 2 heterocycles. The van der Waals surface area contributed by atoms with E-state index in [2.05, 4.69) is 4.98 Å². The predicted octanol–water partition coefficient (Wildman–Crippen LogP) is 1.90. The molecule has 2 N–H and O–H groups in total. The molecular weight excluding hydrogens is 314 g/mol. The first-order valence-electron chi connectivity index (χ1n) is 7.48. The van der Waals surface area contributed by atoms with Gasteiger partial charge < -0.3 is 10.5 Å². The van der Waals surface area contributed by atoms with Crippen LogP contribution in [-0.2, 0) is 10.0 Å². The van der Waals surface area contributed by atoms with Gasteiger partial charge in [0.1, 0.15) is 11.9 Å². The molecule has 122 valence electrons. The molecule has 1 aromatic heterocycles. The number of nitrogens with zero attached hydrogens (tertiary/aromatic N) is 2. The van der Waals surface area contributed by atoms with E-state index in [9.17, 15) is 8.42 Å². The van der Waals surface area contributed by atoms with E-state index in [4.69, 9.17) is 10.5 Å². The summed E-state index contributed by atoms with van der Waals surface area (Å²) >= 11 is 0. The molecule has 2 aromatic rings. The minimum atomic E-state index is -3.52. The molecule has 1 aliphatic rings. The molecule has 6 nitrogen and oxygen atoms in total. The second-order valence-electron chi connectivity index (χ2n) is 5.50. The van der Waals surface area contributed by atoms with Gasteiger partial charge in [0.2, 0.25) is 10.0 Å². The van der Waals surface area contributed by atoms with Crippen molar-refractivity contribution in [3.63, 3.8) is 0 Å². The van der Waals surface area contributed by atoms with E-state index in [0.29, 0.717) is 24.5 Å². The Kier molecular flexibility index (Phi) is 4.49. The molecule has 0 radical (unpaired) electrons. The molecule has 0 bridgehead atoms. The van der Waals surface area contributed by atoms with Crippen molar-refractivity contribution in [1.29, 1.82) is 0 Å². The maximum absolute atomic E-state index is 12.7. The second-order valence-corrected chi connectivity index (χ2v) is 7.44. The Balaban J connectivity index is 1.74. The van der Waals surface area contributed by atoms with Gasteiger partial charge >= 0.3 is 0 Å². The third-order valence-electron chi connectivity index (χ3n) is 3.80. The van der Waals surface area contributed by atoms with E-state index in [-0.39, 0.29) is 11.0 Å². The van der Waals surface area contributed by atoms with Crippen molar-refractivity contribution in [3.8, 4) is 5.75 Å². The van der Waals surface area contributed by atoms with Crippen molar-refractivity contribution in [1.82, 2.24) is 9.29 Å². The van der Waals surface area contributed by atoms with Gasteiger partial charge in [-0.25, -0.2) is 8.42 Å². The van der Waals surface area contributed by atoms with Crippen LogP contribution in [0.3, 0.4) is 0 Å². The minimum Gasteiger partial charge on any atom is -0.487 e. The van der Waals surface area contributed by atoms with Crippen molar-refractivity contribution in [2.24, 2.45) is 0 Å². The van der Waals surface area contributed by atoms with Crippen LogP contribution < -0.4 is 10.5 Å². The lowest BCUT2D eigenvalue weighted by Gasteiger charge is -2.32. The lowest BCUT2D eigenvalue weighted by molar-refractivity contribution is 0.129. The Morgan fingerprint density at radius 3 is 2.70 bits per heavy atom. The zero-order chi connectivity index (χ0) is 16.3. The molecule has 1 aliphatic heterocycles. The first-order valence-corrected chi connectivity index (χ1v) is 8.92. The number of hydrogen-bond donors (Lipinski definition) is 1. The quantitative estimate of drug-likeness (QED) is 0.864. The van der Waals surface area contributed by atoms with Gasteiger partial charge in [0, 0.05) is 18.4 Å². The van der Waals surface area contributed by atoms with Crippen LogP contribution in [-0.4, -0.2) is 36.9 Å². The summed E-state index contributed by atoms with van der Waals surface area (Å²) in [6.07, 6.45) is 4.72. The fraction of sp³-hybridized carbons (Fsp3) is 0.312. The number of rotatable bonds is 4. The van der Waals surface area contributed by atoms with Crippen molar-refractivity contribution < 1.29 is 13.2 Å². The van der Waals surface area contributed by atoms with Crippen LogP contribution >= 0.6 is 0 Å². The molecule has 0 saturated carbocycles. The fourth-order valence-corrected chi connectivity index (χ4v) is 4.13. The third-order valence-corrected chi connectivity index (χ3v) is 5.68. The largest absolute Gasteiger partial charge is 0.487 e. The Morgan fingerprint density at radius 2 is 2.00 bits per heavy atom. The highest BCUT2D eigenvalue weighted by Crippen LogP contribution is 2.23. The topological polar surface area (TPSA) is 85.5 Å². The highest BCUT2D eigenvalue weighted by molar-refractivity contribution is 7.89. The summed E-state index contributed by atoms with van der Waals surface area (Å²) in [5.41, 5.74) is 6.16. The maximum atomic E-state index is 12.7. The maximum Gasteiger partial charge on any atom is 0.243 e. The summed E-state index contributed by atoms with van der Waals surface area (Å²) in [7, 11) is -3.52. The van der Waals surface area contributed by atoms with Crippen LogP contribution in [0.5, 0.6) is 5.75 Å². The number of nitrogen functional groups attached to an aromatic ring is 1. The molecule has 23 heavy (non-hydrogen) atoms. The fourth-order valence-electron chi connectivity index (χ4n) is 2.62. The van der Waals surface area contributed by atoms with Crippen LogP contribution in [0.4, 0.5) is 5.69 Å². The van der Waals surface area contributed by atoms with Crippen LogP contribution in [0.15, 0.2) is 53.7 Å². The third kappa shape index (κ3) is 3.62. The lowest BCUT2D eigenvalue weighted by atomic mass is 10.1. The molecule has 1 atom stereocenters. The molecule has 1 saturated heterocycles. The molecular formula is C16H19N3O3S. The number of pyridine rings is 1. The lowest BCUT2D eigenvalue weighted by Crippen LogP contribution is -2.44. The number of aromatic nitrogens is 1. The van der Waals surface area contributed by atoms with E-state index in [0.717, 1.165) is 12.8 Å². The minimum absolute atomic E-state index is 0.170. The number of piperidine rings is 1. The Hall–Kier alpha value is -2.12. The normalized spacial score (nSPS) is 19.4. The summed E-state index contributed by atoms with van der Waals surface area (Å²) < 4.78 is 32.7. The van der Waals surface area contributed by atoms with Crippen LogP contribution in [0.1, 0.15) is 12.8 Å². The van der Waals surface area contributed by atoms with Gasteiger partial charge in [-0.15, -0.1) is 0 Å². The second kappa shape index (κ2) is 6.55. The number of sulfonamides is 1. The number of hydrogen-bond acceptors (Lipinski definition) is 5. The van der Waals surface area contributed by atoms with Crippen molar-refractivity contribution in [2.45, 2.75) is 23.8 Å². The standard InChI is InChI=1S/C16H19N3O3S/c17-13-5-7-16(8-6-13)23(20,21)19-10-2-4-15(12-19)22-14-3-1-9-18-11-14/h1,3,5-9,11,15H,2,4,10,12,17H2. The van der Waals surface area contributed by atoms with E-state index in [1.165, 1.54) is 16.4 Å². The van der Waals surface area contributed by atoms with Crippen molar-refractivity contribution in [2.75, 3.05) is 18.8 Å². The SMILES string of the molecule is Nc1ccc(S(=O)(=O)N2CCCC(Oc3cccnc3)C2)cc1. The number of benzene rings is 1. The molecule has 1 aromatic carbocycles. The molecule has 1 unspecified atom stereocenters. The number of nitrogens with two attached hydrogens (primary N) is 1. The first-order chi connectivity index (χ1) is 11.1. The summed E-state index contributed by atoms with van der Waals surface area (Å²) in [5.74, 6) is 0.657. The zero-order valence-electron chi connectivity index (χ0n) is 12.6. The van der Waals surface area contributed by atoms with Crippen molar-refractivity contribution in [3.05, 3.63) is 48.8 Å². The van der Waals surface area contributed by atoms with Gasteiger partial charge in [0.25, 0.3) is 0 Å². The molecule has 3 rings (SSSR count). The molecule has 0 spiro atoms. The van der Waals surface area contributed by atoms with E-state index in [1.807, 2.05) is 6.07 Å². The number of anilines is 1.